The number of sulfone groups is 1. The molecule has 0 aliphatic carbocycles. The first-order valence-corrected chi connectivity index (χ1v) is 10.2. The lowest BCUT2D eigenvalue weighted by Crippen LogP contribution is -2.41. The number of nitrogens with one attached hydrogen (secondary N) is 2. The molecule has 0 unspecified atom stereocenters. The Labute approximate surface area is 180 Å². The van der Waals surface area contributed by atoms with Gasteiger partial charge in [-0.05, 0) is 45.4 Å². The largest absolute Gasteiger partial charge is 0.493 e. The molecule has 0 atom stereocenters. The minimum absolute atomic E-state index is 0. The maximum Gasteiger partial charge on any atom is 0.191 e. The number of methoxy groups -OCH3 is 2. The lowest BCUT2D eigenvalue weighted by atomic mass is 10.2. The van der Waals surface area contributed by atoms with E-state index in [-0.39, 0.29) is 29.7 Å². The smallest absolute Gasteiger partial charge is 0.191 e. The van der Waals surface area contributed by atoms with Gasteiger partial charge in [0.2, 0.25) is 0 Å². The van der Waals surface area contributed by atoms with Crippen molar-refractivity contribution in [2.24, 2.45) is 4.99 Å². The molecule has 0 fully saturated rings. The summed E-state index contributed by atoms with van der Waals surface area (Å²) < 4.78 is 34.1. The van der Waals surface area contributed by atoms with E-state index in [0.29, 0.717) is 37.1 Å². The SMILES string of the molecule is CCNC(=NCc1ccc(OC)c(OC)c1)NCCS(=O)(=O)C(C)(C)C.I. The van der Waals surface area contributed by atoms with Crippen LogP contribution < -0.4 is 20.1 Å². The Hall–Kier alpha value is -1.23. The van der Waals surface area contributed by atoms with Gasteiger partial charge in [0.25, 0.3) is 0 Å². The quantitative estimate of drug-likeness (QED) is 0.316. The number of benzene rings is 1. The number of rotatable bonds is 8. The molecule has 1 aromatic rings. The predicted octanol–water partition coefficient (Wildman–Crippen LogP) is 2.59. The third-order valence-electron chi connectivity index (χ3n) is 3.81. The van der Waals surface area contributed by atoms with E-state index in [0.717, 1.165) is 5.56 Å². The van der Waals surface area contributed by atoms with Crippen LogP contribution in [0.2, 0.25) is 0 Å². The number of hydrogen-bond donors (Lipinski definition) is 2. The molecule has 27 heavy (non-hydrogen) atoms. The van der Waals surface area contributed by atoms with Crippen molar-refractivity contribution in [2.75, 3.05) is 33.1 Å². The van der Waals surface area contributed by atoms with Gasteiger partial charge in [-0.3, -0.25) is 0 Å². The molecule has 0 aliphatic heterocycles. The Bertz CT molecular complexity index is 716. The summed E-state index contributed by atoms with van der Waals surface area (Å²) >= 11 is 0. The van der Waals surface area contributed by atoms with Crippen molar-refractivity contribution >= 4 is 39.8 Å². The molecule has 156 valence electrons. The molecule has 0 aliphatic rings. The fraction of sp³-hybridized carbons (Fsp3) is 0.611. The summed E-state index contributed by atoms with van der Waals surface area (Å²) in [6.07, 6.45) is 0. The van der Waals surface area contributed by atoms with Crippen LogP contribution in [-0.4, -0.2) is 52.2 Å². The lowest BCUT2D eigenvalue weighted by molar-refractivity contribution is 0.354. The average Bonchev–Trinajstić information content (AvgIpc) is 2.58. The average molecular weight is 513 g/mol. The van der Waals surface area contributed by atoms with E-state index in [1.807, 2.05) is 25.1 Å². The predicted molar refractivity (Wildman–Crippen MR) is 121 cm³/mol. The molecule has 0 aromatic heterocycles. The van der Waals surface area contributed by atoms with Crippen molar-refractivity contribution in [2.45, 2.75) is 39.0 Å². The Morgan fingerprint density at radius 3 is 2.26 bits per heavy atom. The minimum atomic E-state index is -3.17. The zero-order chi connectivity index (χ0) is 19.8. The lowest BCUT2D eigenvalue weighted by Gasteiger charge is -2.19. The summed E-state index contributed by atoms with van der Waals surface area (Å²) in [7, 11) is 0.0134. The van der Waals surface area contributed by atoms with Crippen LogP contribution in [0.3, 0.4) is 0 Å². The Balaban J connectivity index is 0.00000676. The molecular weight excluding hydrogens is 481 g/mol. The molecule has 1 aromatic carbocycles. The molecule has 0 amide bonds. The second kappa shape index (κ2) is 11.6. The zero-order valence-electron chi connectivity index (χ0n) is 17.0. The molecule has 2 N–H and O–H groups in total. The van der Waals surface area contributed by atoms with E-state index in [1.165, 1.54) is 0 Å². The third kappa shape index (κ3) is 8.12. The van der Waals surface area contributed by atoms with Crippen LogP contribution in [0.1, 0.15) is 33.3 Å². The number of ether oxygens (including phenoxy) is 2. The van der Waals surface area contributed by atoms with Gasteiger partial charge in [0, 0.05) is 13.1 Å². The molecule has 7 nitrogen and oxygen atoms in total. The van der Waals surface area contributed by atoms with Crippen molar-refractivity contribution in [1.82, 2.24) is 10.6 Å². The van der Waals surface area contributed by atoms with Crippen LogP contribution in [-0.2, 0) is 16.4 Å². The molecule has 0 saturated carbocycles. The number of guanidine groups is 1. The van der Waals surface area contributed by atoms with Crippen LogP contribution in [0.15, 0.2) is 23.2 Å². The Morgan fingerprint density at radius 1 is 1.11 bits per heavy atom. The first kappa shape index (κ1) is 25.8. The molecule has 0 saturated heterocycles. The molecule has 0 bridgehead atoms. The Morgan fingerprint density at radius 2 is 1.74 bits per heavy atom. The molecule has 9 heteroatoms. The molecular formula is C18H32IN3O4S. The van der Waals surface area contributed by atoms with Gasteiger partial charge in [0.05, 0.1) is 31.3 Å². The first-order valence-electron chi connectivity index (χ1n) is 8.60. The maximum absolute atomic E-state index is 12.2. The second-order valence-electron chi connectivity index (χ2n) is 6.74. The van der Waals surface area contributed by atoms with Gasteiger partial charge in [0.15, 0.2) is 27.3 Å². The fourth-order valence-corrected chi connectivity index (χ4v) is 3.08. The van der Waals surface area contributed by atoms with Crippen molar-refractivity contribution < 1.29 is 17.9 Å². The van der Waals surface area contributed by atoms with Gasteiger partial charge >= 0.3 is 0 Å². The highest BCUT2D eigenvalue weighted by Crippen LogP contribution is 2.27. The fourth-order valence-electron chi connectivity index (χ4n) is 2.10. The number of hydrogen-bond acceptors (Lipinski definition) is 5. The summed E-state index contributed by atoms with van der Waals surface area (Å²) in [5.41, 5.74) is 0.960. The molecule has 0 heterocycles. The van der Waals surface area contributed by atoms with Crippen LogP contribution in [0.5, 0.6) is 11.5 Å². The van der Waals surface area contributed by atoms with Gasteiger partial charge in [-0.2, -0.15) is 0 Å². The second-order valence-corrected chi connectivity index (χ2v) is 9.61. The van der Waals surface area contributed by atoms with Gasteiger partial charge < -0.3 is 20.1 Å². The topological polar surface area (TPSA) is 89.0 Å². The minimum Gasteiger partial charge on any atom is -0.493 e. The van der Waals surface area contributed by atoms with Gasteiger partial charge in [-0.1, -0.05) is 6.07 Å². The Kier molecular flexibility index (Phi) is 11.0. The normalized spacial score (nSPS) is 12.1. The molecule has 0 spiro atoms. The monoisotopic (exact) mass is 513 g/mol. The van der Waals surface area contributed by atoms with Gasteiger partial charge in [-0.25, -0.2) is 13.4 Å². The maximum atomic E-state index is 12.2. The number of nitrogens with zero attached hydrogens (tertiary/aromatic N) is 1. The first-order chi connectivity index (χ1) is 12.1. The number of halogens is 1. The summed E-state index contributed by atoms with van der Waals surface area (Å²) in [5.74, 6) is 1.94. The van der Waals surface area contributed by atoms with E-state index in [9.17, 15) is 8.42 Å². The van der Waals surface area contributed by atoms with Crippen LogP contribution >= 0.6 is 24.0 Å². The highest BCUT2D eigenvalue weighted by molar-refractivity contribution is 14.0. The van der Waals surface area contributed by atoms with E-state index >= 15 is 0 Å². The van der Waals surface area contributed by atoms with Crippen molar-refractivity contribution in [3.05, 3.63) is 23.8 Å². The van der Waals surface area contributed by atoms with Crippen LogP contribution in [0.4, 0.5) is 0 Å². The van der Waals surface area contributed by atoms with E-state index in [4.69, 9.17) is 9.47 Å². The standard InChI is InChI=1S/C18H31N3O4S.HI/c1-7-19-17(20-10-11-26(22,23)18(2,3)4)21-13-14-8-9-15(24-5)16(12-14)25-6;/h8-9,12H,7,10-11,13H2,1-6H3,(H2,19,20,21);1H. The van der Waals surface area contributed by atoms with Crippen molar-refractivity contribution in [3.8, 4) is 11.5 Å². The summed E-state index contributed by atoms with van der Waals surface area (Å²) in [5, 5.41) is 6.19. The van der Waals surface area contributed by atoms with Gasteiger partial charge in [0.1, 0.15) is 0 Å². The van der Waals surface area contributed by atoms with Gasteiger partial charge in [-0.15, -0.1) is 24.0 Å². The third-order valence-corrected chi connectivity index (χ3v) is 6.42. The highest BCUT2D eigenvalue weighted by Gasteiger charge is 2.28. The summed E-state index contributed by atoms with van der Waals surface area (Å²) in [6.45, 7) is 8.50. The van der Waals surface area contributed by atoms with Crippen LogP contribution in [0, 0.1) is 0 Å². The zero-order valence-corrected chi connectivity index (χ0v) is 20.1. The van der Waals surface area contributed by atoms with E-state index in [2.05, 4.69) is 15.6 Å². The highest BCUT2D eigenvalue weighted by atomic mass is 127. The van der Waals surface area contributed by atoms with E-state index < -0.39 is 14.6 Å². The van der Waals surface area contributed by atoms with E-state index in [1.54, 1.807) is 35.0 Å². The van der Waals surface area contributed by atoms with Crippen molar-refractivity contribution in [3.63, 3.8) is 0 Å². The summed E-state index contributed by atoms with van der Waals surface area (Å²) in [6, 6.07) is 5.62. The number of aliphatic imine (C=N–C) groups is 1. The summed E-state index contributed by atoms with van der Waals surface area (Å²) in [4.78, 5) is 4.50. The van der Waals surface area contributed by atoms with Crippen LogP contribution in [0.25, 0.3) is 0 Å². The van der Waals surface area contributed by atoms with Crippen molar-refractivity contribution in [1.29, 1.82) is 0 Å². The molecule has 1 rings (SSSR count). The molecule has 0 radical (unpaired) electrons.